The van der Waals surface area contributed by atoms with E-state index in [0.717, 1.165) is 6.07 Å². The number of hydrogen-bond donors (Lipinski definition) is 3. The minimum atomic E-state index is -0.449. The Balaban J connectivity index is 0.000000391. The number of halogens is 5. The third-order valence-electron chi connectivity index (χ3n) is 2.24. The molecule has 0 saturated heterocycles. The number of phenols is 1. The second-order valence-electron chi connectivity index (χ2n) is 4.16. The van der Waals surface area contributed by atoms with E-state index in [-0.39, 0.29) is 31.4 Å². The number of benzene rings is 2. The van der Waals surface area contributed by atoms with Crippen LogP contribution in [0, 0.1) is 11.6 Å². The minimum absolute atomic E-state index is 0.0595. The number of aromatic hydroxyl groups is 1. The van der Waals surface area contributed by atoms with Gasteiger partial charge in [-0.25, -0.2) is 8.78 Å². The second kappa shape index (κ2) is 14.3. The Morgan fingerprint density at radius 3 is 1.84 bits per heavy atom. The molecule has 0 saturated carbocycles. The van der Waals surface area contributed by atoms with Crippen LogP contribution in [0.5, 0.6) is 11.5 Å². The van der Waals surface area contributed by atoms with E-state index in [2.05, 4.69) is 31.9 Å². The summed E-state index contributed by atoms with van der Waals surface area (Å²) in [6.07, 6.45) is 0. The first-order valence-corrected chi connectivity index (χ1v) is 8.97. The van der Waals surface area contributed by atoms with E-state index in [4.69, 9.17) is 31.7 Å². The molecule has 9 heteroatoms. The van der Waals surface area contributed by atoms with Crippen molar-refractivity contribution in [3.05, 3.63) is 57.0 Å². The van der Waals surface area contributed by atoms with Crippen LogP contribution in [0.15, 0.2) is 45.3 Å². The highest BCUT2D eigenvalue weighted by atomic mass is 79.9. The third-order valence-corrected chi connectivity index (χ3v) is 3.69. The summed E-state index contributed by atoms with van der Waals surface area (Å²) < 4.78 is 30.9. The Morgan fingerprint density at radius 2 is 1.44 bits per heavy atom. The topological polar surface area (TPSA) is 69.9 Å². The quantitative estimate of drug-likeness (QED) is 0.536. The summed E-state index contributed by atoms with van der Waals surface area (Å²) in [6, 6.07) is 8.35. The molecule has 25 heavy (non-hydrogen) atoms. The van der Waals surface area contributed by atoms with Crippen molar-refractivity contribution in [2.45, 2.75) is 0 Å². The average Bonchev–Trinajstić information content (AvgIpc) is 2.60. The predicted molar refractivity (Wildman–Crippen MR) is 100 cm³/mol. The minimum Gasteiger partial charge on any atom is -0.508 e. The summed E-state index contributed by atoms with van der Waals surface area (Å²) >= 11 is 10.9. The molecule has 0 radical (unpaired) electrons. The van der Waals surface area contributed by atoms with Crippen LogP contribution < -0.4 is 4.74 Å². The van der Waals surface area contributed by atoms with E-state index in [9.17, 15) is 8.78 Å². The van der Waals surface area contributed by atoms with Crippen LogP contribution in [0.1, 0.15) is 0 Å². The lowest BCUT2D eigenvalue weighted by Gasteiger charge is -2.03. The Kier molecular flexibility index (Phi) is 13.7. The fourth-order valence-electron chi connectivity index (χ4n) is 1.22. The van der Waals surface area contributed by atoms with Crippen molar-refractivity contribution in [1.82, 2.24) is 0 Å². The van der Waals surface area contributed by atoms with Crippen molar-refractivity contribution >= 4 is 43.5 Å². The smallest absolute Gasteiger partial charge is 0.141 e. The summed E-state index contributed by atoms with van der Waals surface area (Å²) in [5.74, 6) is -0.110. The first-order valence-electron chi connectivity index (χ1n) is 6.85. The van der Waals surface area contributed by atoms with Gasteiger partial charge in [0.25, 0.3) is 0 Å². The molecular formula is C16H17Br2ClF2O4. The van der Waals surface area contributed by atoms with Crippen molar-refractivity contribution in [1.29, 1.82) is 0 Å². The zero-order valence-corrected chi connectivity index (χ0v) is 16.9. The Morgan fingerprint density at radius 1 is 0.920 bits per heavy atom. The van der Waals surface area contributed by atoms with Crippen LogP contribution in [0.25, 0.3) is 0 Å². The van der Waals surface area contributed by atoms with E-state index in [0.29, 0.717) is 20.6 Å². The predicted octanol–water partition coefficient (Wildman–Crippen LogP) is 4.47. The van der Waals surface area contributed by atoms with E-state index in [1.54, 1.807) is 12.1 Å². The standard InChI is InChI=1S/C8H8BrFO2.C6H4BrFO.C2H5ClO/c9-7-2-1-6(5-8(7)10)12-4-3-11;7-5-2-1-4(9)3-6(5)8;3-1-2-4/h1-2,5,11H,3-4H2;1-3,9H;4H,1-2H2. The van der Waals surface area contributed by atoms with Gasteiger partial charge in [-0.1, -0.05) is 0 Å². The number of alkyl halides is 1. The molecule has 0 aliphatic heterocycles. The lowest BCUT2D eigenvalue weighted by atomic mass is 10.3. The molecule has 0 aliphatic carbocycles. The van der Waals surface area contributed by atoms with Gasteiger partial charge in [0, 0.05) is 18.0 Å². The van der Waals surface area contributed by atoms with Gasteiger partial charge in [-0.3, -0.25) is 0 Å². The summed E-state index contributed by atoms with van der Waals surface area (Å²) in [7, 11) is 0. The van der Waals surface area contributed by atoms with Gasteiger partial charge in [-0.05, 0) is 56.1 Å². The zero-order valence-electron chi connectivity index (χ0n) is 12.9. The highest BCUT2D eigenvalue weighted by Crippen LogP contribution is 2.20. The molecular weight excluding hydrogens is 489 g/mol. The number of hydrogen-bond acceptors (Lipinski definition) is 4. The summed E-state index contributed by atoms with van der Waals surface area (Å²) in [4.78, 5) is 0. The summed E-state index contributed by atoms with van der Waals surface area (Å²) in [5.41, 5.74) is 0. The molecule has 0 spiro atoms. The maximum absolute atomic E-state index is 12.8. The normalized spacial score (nSPS) is 9.40. The highest BCUT2D eigenvalue weighted by Gasteiger charge is 2.00. The molecule has 4 nitrogen and oxygen atoms in total. The summed E-state index contributed by atoms with van der Waals surface area (Å²) in [6.45, 7) is 0.195. The molecule has 2 aromatic carbocycles. The fraction of sp³-hybridized carbons (Fsp3) is 0.250. The fourth-order valence-corrected chi connectivity index (χ4v) is 1.71. The molecule has 0 aliphatic rings. The van der Waals surface area contributed by atoms with Crippen LogP contribution in [0.2, 0.25) is 0 Å². The van der Waals surface area contributed by atoms with E-state index >= 15 is 0 Å². The van der Waals surface area contributed by atoms with Crippen molar-refractivity contribution < 1.29 is 28.8 Å². The van der Waals surface area contributed by atoms with Gasteiger partial charge in [0.05, 0.1) is 22.2 Å². The van der Waals surface area contributed by atoms with Gasteiger partial charge in [0.1, 0.15) is 29.7 Å². The van der Waals surface area contributed by atoms with Gasteiger partial charge in [0.15, 0.2) is 0 Å². The van der Waals surface area contributed by atoms with Crippen molar-refractivity contribution in [3.63, 3.8) is 0 Å². The average molecular weight is 507 g/mol. The van der Waals surface area contributed by atoms with Crippen LogP contribution in [0.3, 0.4) is 0 Å². The lowest BCUT2D eigenvalue weighted by Crippen LogP contribution is -2.01. The molecule has 0 fully saturated rings. The van der Waals surface area contributed by atoms with Crippen LogP contribution in [-0.2, 0) is 0 Å². The van der Waals surface area contributed by atoms with E-state index < -0.39 is 5.82 Å². The molecule has 140 valence electrons. The molecule has 0 heterocycles. The second-order valence-corrected chi connectivity index (χ2v) is 6.25. The van der Waals surface area contributed by atoms with Crippen LogP contribution in [-0.4, -0.2) is 41.0 Å². The number of rotatable bonds is 4. The lowest BCUT2D eigenvalue weighted by molar-refractivity contribution is 0.201. The number of aliphatic hydroxyl groups excluding tert-OH is 2. The van der Waals surface area contributed by atoms with Crippen molar-refractivity contribution in [2.75, 3.05) is 25.7 Å². The zero-order chi connectivity index (χ0) is 19.2. The van der Waals surface area contributed by atoms with Crippen LogP contribution >= 0.6 is 43.5 Å². The maximum atomic E-state index is 12.8. The molecule has 2 aromatic rings. The molecule has 0 unspecified atom stereocenters. The van der Waals surface area contributed by atoms with Crippen molar-refractivity contribution in [3.8, 4) is 11.5 Å². The number of phenolic OH excluding ortho intramolecular Hbond substituents is 1. The first-order chi connectivity index (χ1) is 11.8. The largest absolute Gasteiger partial charge is 0.508 e. The summed E-state index contributed by atoms with van der Waals surface area (Å²) in [5, 5.41) is 24.8. The van der Waals surface area contributed by atoms with E-state index in [1.807, 2.05) is 0 Å². The molecule has 3 N–H and O–H groups in total. The highest BCUT2D eigenvalue weighted by molar-refractivity contribution is 9.10. The van der Waals surface area contributed by atoms with Gasteiger partial charge in [-0.2, -0.15) is 0 Å². The molecule has 0 atom stereocenters. The SMILES string of the molecule is OCCCl.OCCOc1ccc(Br)c(F)c1.Oc1ccc(Br)c(F)c1. The molecule has 2 rings (SSSR count). The van der Waals surface area contributed by atoms with E-state index in [1.165, 1.54) is 18.2 Å². The number of aliphatic hydroxyl groups is 2. The Bertz CT molecular complexity index is 631. The molecule has 0 amide bonds. The van der Waals surface area contributed by atoms with Crippen molar-refractivity contribution in [2.24, 2.45) is 0 Å². The third kappa shape index (κ3) is 11.3. The number of ether oxygens (including phenoxy) is 1. The molecule has 0 bridgehead atoms. The first kappa shape index (κ1) is 24.1. The van der Waals surface area contributed by atoms with Gasteiger partial charge in [-0.15, -0.1) is 11.6 Å². The van der Waals surface area contributed by atoms with Gasteiger partial charge >= 0.3 is 0 Å². The maximum Gasteiger partial charge on any atom is 0.141 e. The van der Waals surface area contributed by atoms with Crippen LogP contribution in [0.4, 0.5) is 8.78 Å². The Hall–Kier alpha value is -0.930. The Labute approximate surface area is 166 Å². The molecule has 0 aromatic heterocycles. The monoisotopic (exact) mass is 504 g/mol. The van der Waals surface area contributed by atoms with Gasteiger partial charge in [0.2, 0.25) is 0 Å². The van der Waals surface area contributed by atoms with Gasteiger partial charge < -0.3 is 20.1 Å².